The molecule has 1 amide bonds. The molecule has 3 rings (SSSR count). The number of carbonyl (C=O) groups is 1. The van der Waals surface area contributed by atoms with E-state index in [0.717, 1.165) is 11.1 Å². The Morgan fingerprint density at radius 1 is 0.967 bits per heavy atom. The number of carbonyl (C=O) groups excluding carboxylic acids is 1. The number of halogens is 1. The molecule has 0 heterocycles. The largest absolute Gasteiger partial charge is 0.322 e. The number of amides is 1. The van der Waals surface area contributed by atoms with Crippen LogP contribution < -0.4 is 10.0 Å². The molecule has 5 nitrogen and oxygen atoms in total. The SMILES string of the molecule is Cc1cccc(NS(=O)(=O)c2cc(C(=O)Nc3ccccc3C(C)C)ccc2Cl)c1. The molecule has 0 spiro atoms. The molecule has 0 saturated carbocycles. The summed E-state index contributed by atoms with van der Waals surface area (Å²) in [7, 11) is -3.97. The van der Waals surface area contributed by atoms with E-state index in [1.54, 1.807) is 18.2 Å². The third-order valence-corrected chi connectivity index (χ3v) is 6.45. The van der Waals surface area contributed by atoms with Crippen molar-refractivity contribution in [1.29, 1.82) is 0 Å². The maximum absolute atomic E-state index is 12.9. The molecule has 0 unspecified atom stereocenters. The summed E-state index contributed by atoms with van der Waals surface area (Å²) < 4.78 is 28.3. The maximum Gasteiger partial charge on any atom is 0.263 e. The number of sulfonamides is 1. The number of rotatable bonds is 6. The predicted octanol–water partition coefficient (Wildman–Crippen LogP) is 5.82. The summed E-state index contributed by atoms with van der Waals surface area (Å²) in [5.74, 6) is -0.187. The minimum absolute atomic E-state index is 0.0364. The van der Waals surface area contributed by atoms with Crippen molar-refractivity contribution in [3.05, 3.63) is 88.4 Å². The summed E-state index contributed by atoms with van der Waals surface area (Å²) in [6, 6.07) is 18.7. The van der Waals surface area contributed by atoms with Crippen LogP contribution in [-0.2, 0) is 10.0 Å². The van der Waals surface area contributed by atoms with E-state index in [9.17, 15) is 13.2 Å². The van der Waals surface area contributed by atoms with E-state index in [1.807, 2.05) is 51.1 Å². The Morgan fingerprint density at radius 3 is 2.40 bits per heavy atom. The first kappa shape index (κ1) is 21.9. The molecule has 3 aromatic rings. The quantitative estimate of drug-likeness (QED) is 0.504. The van der Waals surface area contributed by atoms with Crippen LogP contribution in [0.1, 0.15) is 41.3 Å². The number of aryl methyl sites for hydroxylation is 1. The van der Waals surface area contributed by atoms with Crippen molar-refractivity contribution in [2.24, 2.45) is 0 Å². The van der Waals surface area contributed by atoms with E-state index in [0.29, 0.717) is 11.4 Å². The van der Waals surface area contributed by atoms with Gasteiger partial charge in [-0.15, -0.1) is 0 Å². The van der Waals surface area contributed by atoms with Crippen LogP contribution >= 0.6 is 11.6 Å². The van der Waals surface area contributed by atoms with E-state index < -0.39 is 15.9 Å². The van der Waals surface area contributed by atoms with Crippen molar-refractivity contribution in [2.45, 2.75) is 31.6 Å². The third-order valence-electron chi connectivity index (χ3n) is 4.58. The second-order valence-corrected chi connectivity index (χ2v) is 9.37. The Hall–Kier alpha value is -2.83. The van der Waals surface area contributed by atoms with Gasteiger partial charge in [-0.1, -0.05) is 55.8 Å². The van der Waals surface area contributed by atoms with E-state index in [4.69, 9.17) is 11.6 Å². The molecule has 0 aromatic heterocycles. The first-order valence-corrected chi connectivity index (χ1v) is 11.3. The lowest BCUT2D eigenvalue weighted by molar-refractivity contribution is 0.102. The first-order valence-electron chi connectivity index (χ1n) is 9.46. The third kappa shape index (κ3) is 5.01. The zero-order chi connectivity index (χ0) is 21.9. The summed E-state index contributed by atoms with van der Waals surface area (Å²) in [4.78, 5) is 12.7. The van der Waals surface area contributed by atoms with Gasteiger partial charge in [0.05, 0.1) is 5.02 Å². The van der Waals surface area contributed by atoms with Gasteiger partial charge in [0.25, 0.3) is 15.9 Å². The topological polar surface area (TPSA) is 75.3 Å². The van der Waals surface area contributed by atoms with Crippen LogP contribution in [0.2, 0.25) is 5.02 Å². The molecule has 156 valence electrons. The number of hydrogen-bond acceptors (Lipinski definition) is 3. The molecular weight excluding hydrogens is 420 g/mol. The molecule has 2 N–H and O–H groups in total. The Kier molecular flexibility index (Phi) is 6.48. The van der Waals surface area contributed by atoms with E-state index in [1.165, 1.54) is 18.2 Å². The fourth-order valence-electron chi connectivity index (χ4n) is 3.08. The van der Waals surface area contributed by atoms with Gasteiger partial charge in [0, 0.05) is 16.9 Å². The second kappa shape index (κ2) is 8.90. The molecule has 0 saturated heterocycles. The summed E-state index contributed by atoms with van der Waals surface area (Å²) in [6.45, 7) is 5.94. The van der Waals surface area contributed by atoms with Crippen LogP contribution in [0.4, 0.5) is 11.4 Å². The number of benzene rings is 3. The molecule has 0 aliphatic carbocycles. The predicted molar refractivity (Wildman–Crippen MR) is 122 cm³/mol. The fraction of sp³-hybridized carbons (Fsp3) is 0.174. The van der Waals surface area contributed by atoms with Crippen molar-refractivity contribution < 1.29 is 13.2 Å². The van der Waals surface area contributed by atoms with Crippen LogP contribution in [0.5, 0.6) is 0 Å². The zero-order valence-electron chi connectivity index (χ0n) is 16.9. The van der Waals surface area contributed by atoms with Crippen molar-refractivity contribution in [1.82, 2.24) is 0 Å². The Labute approximate surface area is 182 Å². The molecule has 0 aliphatic rings. The molecule has 0 bridgehead atoms. The van der Waals surface area contributed by atoms with Gasteiger partial charge in [-0.2, -0.15) is 0 Å². The van der Waals surface area contributed by atoms with Crippen molar-refractivity contribution in [3.8, 4) is 0 Å². The maximum atomic E-state index is 12.9. The zero-order valence-corrected chi connectivity index (χ0v) is 18.5. The molecular formula is C23H23ClN2O3S. The van der Waals surface area contributed by atoms with Crippen molar-refractivity contribution in [3.63, 3.8) is 0 Å². The van der Waals surface area contributed by atoms with Gasteiger partial charge >= 0.3 is 0 Å². The number of nitrogens with one attached hydrogen (secondary N) is 2. The lowest BCUT2D eigenvalue weighted by atomic mass is 10.0. The number of anilines is 2. The van der Waals surface area contributed by atoms with Crippen molar-refractivity contribution >= 4 is 38.9 Å². The molecule has 0 fully saturated rings. The van der Waals surface area contributed by atoms with E-state index in [2.05, 4.69) is 10.0 Å². The summed E-state index contributed by atoms with van der Waals surface area (Å²) in [5.41, 5.74) is 3.22. The van der Waals surface area contributed by atoms with Crippen LogP contribution in [0, 0.1) is 6.92 Å². The van der Waals surface area contributed by atoms with Crippen LogP contribution in [0.25, 0.3) is 0 Å². The van der Waals surface area contributed by atoms with E-state index >= 15 is 0 Å². The molecule has 0 aliphatic heterocycles. The standard InChI is InChI=1S/C23H23ClN2O3S/c1-15(2)19-9-4-5-10-21(19)25-23(27)17-11-12-20(24)22(14-17)30(28,29)26-18-8-6-7-16(3)13-18/h4-15,26H,1-3H3,(H,25,27). The Balaban J connectivity index is 1.90. The van der Waals surface area contributed by atoms with Gasteiger partial charge < -0.3 is 5.32 Å². The normalized spacial score (nSPS) is 11.4. The Morgan fingerprint density at radius 2 is 1.70 bits per heavy atom. The van der Waals surface area contributed by atoms with Crippen LogP contribution in [0.3, 0.4) is 0 Å². The highest BCUT2D eigenvalue weighted by Gasteiger charge is 2.21. The fourth-order valence-corrected chi connectivity index (χ4v) is 4.65. The molecule has 7 heteroatoms. The Bertz CT molecular complexity index is 1190. The van der Waals surface area contributed by atoms with Gasteiger partial charge in [0.15, 0.2) is 0 Å². The summed E-state index contributed by atoms with van der Waals surface area (Å²) in [6.07, 6.45) is 0. The van der Waals surface area contributed by atoms with Crippen LogP contribution in [0.15, 0.2) is 71.6 Å². The highest BCUT2D eigenvalue weighted by atomic mass is 35.5. The molecule has 30 heavy (non-hydrogen) atoms. The van der Waals surface area contributed by atoms with Gasteiger partial charge in [-0.05, 0) is 60.4 Å². The number of para-hydroxylation sites is 1. The summed E-state index contributed by atoms with van der Waals surface area (Å²) >= 11 is 6.16. The van der Waals surface area contributed by atoms with Gasteiger partial charge in [0.2, 0.25) is 0 Å². The van der Waals surface area contributed by atoms with Gasteiger partial charge in [-0.25, -0.2) is 8.42 Å². The average molecular weight is 443 g/mol. The summed E-state index contributed by atoms with van der Waals surface area (Å²) in [5, 5.41) is 2.90. The first-order chi connectivity index (χ1) is 14.2. The average Bonchev–Trinajstić information content (AvgIpc) is 2.68. The lowest BCUT2D eigenvalue weighted by Gasteiger charge is -2.15. The van der Waals surface area contributed by atoms with E-state index in [-0.39, 0.29) is 21.4 Å². The van der Waals surface area contributed by atoms with Crippen molar-refractivity contribution in [2.75, 3.05) is 10.0 Å². The highest BCUT2D eigenvalue weighted by molar-refractivity contribution is 7.92. The molecule has 3 aromatic carbocycles. The second-order valence-electron chi connectivity index (χ2n) is 7.32. The molecule has 0 atom stereocenters. The van der Waals surface area contributed by atoms with Gasteiger partial charge in [0.1, 0.15) is 4.90 Å². The smallest absolute Gasteiger partial charge is 0.263 e. The van der Waals surface area contributed by atoms with Crippen LogP contribution in [-0.4, -0.2) is 14.3 Å². The molecule has 0 radical (unpaired) electrons. The minimum atomic E-state index is -3.97. The highest BCUT2D eigenvalue weighted by Crippen LogP contribution is 2.27. The minimum Gasteiger partial charge on any atom is -0.322 e. The number of hydrogen-bond donors (Lipinski definition) is 2. The van der Waals surface area contributed by atoms with Gasteiger partial charge in [-0.3, -0.25) is 9.52 Å². The lowest BCUT2D eigenvalue weighted by Crippen LogP contribution is -2.17. The monoisotopic (exact) mass is 442 g/mol.